The zero-order valence-corrected chi connectivity index (χ0v) is 3.80. The van der Waals surface area contributed by atoms with Crippen LogP contribution < -0.4 is 0 Å². The fourth-order valence-electron chi connectivity index (χ4n) is 0.0204. The quantitative estimate of drug-likeness (QED) is 0.174. The molecule has 0 unspecified atom stereocenters. The zero-order chi connectivity index (χ0) is 4.12. The summed E-state index contributed by atoms with van der Waals surface area (Å²) in [6.45, 7) is 0. The molecule has 0 N–H and O–H groups in total. The predicted octanol–water partition coefficient (Wildman–Crippen LogP) is -0.613. The van der Waals surface area contributed by atoms with Gasteiger partial charge in [0.1, 0.15) is 0 Å². The Balaban J connectivity index is 0. The first-order chi connectivity index (χ1) is 2.41. The summed E-state index contributed by atoms with van der Waals surface area (Å²) in [6.07, 6.45) is 0. The molecule has 0 atom stereocenters. The molecule has 0 rings (SSSR count). The van der Waals surface area contributed by atoms with Gasteiger partial charge >= 0.3 is 5.87 Å². The number of rotatable bonds is 0. The smallest absolute Gasteiger partial charge is 0.347 e. The normalized spacial score (nSPS) is 2.67. The van der Waals surface area contributed by atoms with Crippen molar-refractivity contribution >= 4 is 25.3 Å². The number of hydrogen-bond donors (Lipinski definition) is 0. The lowest BCUT2D eigenvalue weighted by Gasteiger charge is -1.18. The van der Waals surface area contributed by atoms with Gasteiger partial charge in [-0.1, -0.05) is 4.79 Å². The molecule has 0 aliphatic rings. The summed E-state index contributed by atoms with van der Waals surface area (Å²) < 4.78 is 0. The van der Waals surface area contributed by atoms with E-state index in [2.05, 4.69) is 4.79 Å². The molecule has 0 saturated heterocycles. The molecule has 0 bridgehead atoms. The molecule has 32 valence electrons. The molecule has 3 nitrogen and oxygen atoms in total. The first kappa shape index (κ1) is 8.97. The average Bonchev–Trinajstić information content (AvgIpc) is 1.41. The maximum Gasteiger partial charge on any atom is 0.397 e. The summed E-state index contributed by atoms with van der Waals surface area (Å²) in [5.74, 6) is 2.59. The Morgan fingerprint density at radius 3 is 2.17 bits per heavy atom. The van der Waals surface area contributed by atoms with E-state index in [1.165, 1.54) is 5.87 Å². The maximum absolute atomic E-state index is 8.91. The van der Waals surface area contributed by atoms with Crippen LogP contribution in [0.4, 0.5) is 0 Å². The van der Waals surface area contributed by atoms with Gasteiger partial charge in [0.15, 0.2) is 0 Å². The predicted molar refractivity (Wildman–Crippen MR) is 24.7 cm³/mol. The third kappa shape index (κ3) is 10.7. The lowest BCUT2D eigenvalue weighted by molar-refractivity contribution is 0.00878. The summed E-state index contributed by atoms with van der Waals surface area (Å²) in [5, 5.41) is 0. The van der Waals surface area contributed by atoms with Crippen molar-refractivity contribution in [2.75, 3.05) is 0 Å². The van der Waals surface area contributed by atoms with E-state index in [1.54, 1.807) is 0 Å². The van der Waals surface area contributed by atoms with Crippen LogP contribution in [0.15, 0.2) is 0 Å². The number of carbonyl (C=O) groups excluding carboxylic acids is 1. The standard InChI is InChI=1S/C2N2O.H2S/c3-4-1-2-5;/h;1H2. The molecule has 4 heteroatoms. The van der Waals surface area contributed by atoms with E-state index in [0.29, 0.717) is 0 Å². The molecule has 0 amide bonds. The van der Waals surface area contributed by atoms with Crippen LogP contribution in [0, 0.1) is 0 Å². The summed E-state index contributed by atoms with van der Waals surface area (Å²) >= 11 is 0. The second-order valence-corrected chi connectivity index (χ2v) is 0.314. The van der Waals surface area contributed by atoms with E-state index < -0.39 is 0 Å². The largest absolute Gasteiger partial charge is 0.397 e. The van der Waals surface area contributed by atoms with Gasteiger partial charge < -0.3 is 5.53 Å². The van der Waals surface area contributed by atoms with E-state index in [-0.39, 0.29) is 13.5 Å². The van der Waals surface area contributed by atoms with E-state index in [1.807, 2.05) is 0 Å². The molecule has 0 aromatic carbocycles. The molecule has 0 radical (unpaired) electrons. The van der Waals surface area contributed by atoms with Crippen molar-refractivity contribution in [1.29, 1.82) is 0 Å². The Bertz CT molecular complexity index is 104. The van der Waals surface area contributed by atoms with Crippen LogP contribution >= 0.6 is 13.5 Å². The fraction of sp³-hybridized carbons (Fsp3) is 0. The molecular weight excluding hydrogens is 100 g/mol. The van der Waals surface area contributed by atoms with Crippen molar-refractivity contribution in [3.05, 3.63) is 5.53 Å². The van der Waals surface area contributed by atoms with Crippen molar-refractivity contribution < 1.29 is 9.58 Å². The highest BCUT2D eigenvalue weighted by atomic mass is 32.1. The van der Waals surface area contributed by atoms with Gasteiger partial charge in [0, 0.05) is 0 Å². The van der Waals surface area contributed by atoms with Crippen LogP contribution in [0.3, 0.4) is 0 Å². The van der Waals surface area contributed by atoms with E-state index in [9.17, 15) is 0 Å². The maximum atomic E-state index is 8.91. The number of hydrogen-bond acceptors (Lipinski definition) is 1. The topological polar surface area (TPSA) is 53.5 Å². The van der Waals surface area contributed by atoms with Crippen molar-refractivity contribution in [2.24, 2.45) is 0 Å². The molecule has 0 aliphatic carbocycles. The molecule has 0 aliphatic heterocycles. The SMILES string of the molecule is S.[N-]=[N+]=C=C=O. The third-order valence-corrected chi connectivity index (χ3v) is 0.0956. The van der Waals surface area contributed by atoms with Crippen LogP contribution in [0.1, 0.15) is 0 Å². The van der Waals surface area contributed by atoms with Crippen LogP contribution in [0.5, 0.6) is 0 Å². The van der Waals surface area contributed by atoms with E-state index in [4.69, 9.17) is 10.3 Å². The van der Waals surface area contributed by atoms with Crippen LogP contribution in [0.25, 0.3) is 5.53 Å². The van der Waals surface area contributed by atoms with E-state index >= 15 is 0 Å². The highest BCUT2D eigenvalue weighted by Gasteiger charge is 1.41. The summed E-state index contributed by atoms with van der Waals surface area (Å²) in [6, 6.07) is 0. The Morgan fingerprint density at radius 2 is 2.17 bits per heavy atom. The summed E-state index contributed by atoms with van der Waals surface area (Å²) in [4.78, 5) is 11.1. The molecular formula is C2H2N2OS. The Kier molecular flexibility index (Phi) is 13.3. The number of nitrogens with zero attached hydrogens (tertiary/aromatic N) is 2. The van der Waals surface area contributed by atoms with Gasteiger partial charge in [-0.25, -0.2) is 4.79 Å². The highest BCUT2D eigenvalue weighted by molar-refractivity contribution is 7.59. The second kappa shape index (κ2) is 8.88. The van der Waals surface area contributed by atoms with Gasteiger partial charge in [-0.15, -0.1) is 0 Å². The van der Waals surface area contributed by atoms with Gasteiger partial charge in [-0.3, -0.25) is 0 Å². The lowest BCUT2D eigenvalue weighted by atomic mass is 11.2. The minimum absolute atomic E-state index is 0. The second-order valence-electron chi connectivity index (χ2n) is 0.314. The Labute approximate surface area is 41.4 Å². The van der Waals surface area contributed by atoms with Crippen molar-refractivity contribution in [3.63, 3.8) is 0 Å². The zero-order valence-electron chi connectivity index (χ0n) is 2.80. The lowest BCUT2D eigenvalue weighted by Crippen LogP contribution is -1.47. The van der Waals surface area contributed by atoms with Gasteiger partial charge in [0.05, 0.1) is 0 Å². The van der Waals surface area contributed by atoms with Gasteiger partial charge in [-0.2, -0.15) is 13.5 Å². The molecule has 6 heavy (non-hydrogen) atoms. The van der Waals surface area contributed by atoms with Crippen LogP contribution in [-0.4, -0.2) is 16.6 Å². The van der Waals surface area contributed by atoms with Crippen molar-refractivity contribution in [1.82, 2.24) is 0 Å². The molecule has 0 spiro atoms. The Morgan fingerprint density at radius 1 is 1.67 bits per heavy atom. The van der Waals surface area contributed by atoms with E-state index in [0.717, 1.165) is 5.94 Å². The van der Waals surface area contributed by atoms with Gasteiger partial charge in [0.2, 0.25) is 0 Å². The van der Waals surface area contributed by atoms with Crippen LogP contribution in [0.2, 0.25) is 0 Å². The van der Waals surface area contributed by atoms with Crippen LogP contribution in [-0.2, 0) is 4.79 Å². The monoisotopic (exact) mass is 102 g/mol. The Hall–Kier alpha value is -0.780. The summed E-state index contributed by atoms with van der Waals surface area (Å²) in [7, 11) is 0. The molecule has 0 aromatic rings. The molecule has 0 fully saturated rings. The van der Waals surface area contributed by atoms with Gasteiger partial charge in [-0.05, 0) is 0 Å². The molecule has 0 saturated carbocycles. The van der Waals surface area contributed by atoms with Crippen molar-refractivity contribution in [2.45, 2.75) is 0 Å². The van der Waals surface area contributed by atoms with Gasteiger partial charge in [0.25, 0.3) is 5.94 Å². The highest BCUT2D eigenvalue weighted by Crippen LogP contribution is 1.03. The average molecular weight is 102 g/mol. The third-order valence-electron chi connectivity index (χ3n) is 0.0956. The molecule has 0 aromatic heterocycles. The fourth-order valence-corrected chi connectivity index (χ4v) is 0.0204. The van der Waals surface area contributed by atoms with Crippen molar-refractivity contribution in [3.8, 4) is 0 Å². The first-order valence-corrected chi connectivity index (χ1v) is 0.878. The minimum atomic E-state index is 0. The minimum Gasteiger partial charge on any atom is -0.347 e. The summed E-state index contributed by atoms with van der Waals surface area (Å²) in [5.41, 5.74) is 7.32. The molecule has 0 heterocycles. The first-order valence-electron chi connectivity index (χ1n) is 0.878.